The topological polar surface area (TPSA) is 41.3 Å². The predicted molar refractivity (Wildman–Crippen MR) is 139 cm³/mol. The van der Waals surface area contributed by atoms with Crippen molar-refractivity contribution >= 4 is 54.9 Å². The quantitative estimate of drug-likeness (QED) is 0.251. The van der Waals surface area contributed by atoms with Crippen LogP contribution in [0.25, 0.3) is 11.3 Å². The molecule has 8 heteroatoms. The molecule has 2 atom stereocenters. The normalized spacial score (nSPS) is 17.9. The Labute approximate surface area is 213 Å². The summed E-state index contributed by atoms with van der Waals surface area (Å²) in [7, 11) is 0. The van der Waals surface area contributed by atoms with Crippen LogP contribution in [0.3, 0.4) is 0 Å². The van der Waals surface area contributed by atoms with Gasteiger partial charge in [-0.05, 0) is 85.4 Å². The average molecular weight is 587 g/mol. The molecular formula is C25H18Br2FN3OS. The Kier molecular flexibility index (Phi) is 6.07. The SMILES string of the molecule is Cc1cc(N2C(=S)NC(c3ccccn3)C2c2ccc(-c3ccc(Br)cc3F)o2)ccc1Br. The summed E-state index contributed by atoms with van der Waals surface area (Å²) in [6.45, 7) is 2.03. The summed E-state index contributed by atoms with van der Waals surface area (Å²) in [6, 6.07) is 19.9. The molecule has 1 aliphatic heterocycles. The zero-order valence-corrected chi connectivity index (χ0v) is 21.4. The second kappa shape index (κ2) is 9.00. The first kappa shape index (κ1) is 22.3. The van der Waals surface area contributed by atoms with Crippen LogP contribution in [-0.2, 0) is 0 Å². The number of hydrogen-bond donors (Lipinski definition) is 1. The van der Waals surface area contributed by atoms with Crippen molar-refractivity contribution < 1.29 is 8.81 Å². The standard InChI is InChI=1S/C25H18Br2FN3OS/c1-14-12-16(6-8-18(14)27)31-24(23(30-25(31)33)20-4-2-3-11-29-20)22-10-9-21(32-22)17-7-5-15(26)13-19(17)28/h2-13,23-24H,1H3,(H,30,33). The molecule has 0 spiro atoms. The van der Waals surface area contributed by atoms with Crippen molar-refractivity contribution in [1.29, 1.82) is 0 Å². The van der Waals surface area contributed by atoms with Gasteiger partial charge in [0.1, 0.15) is 23.4 Å². The minimum atomic E-state index is -0.355. The highest BCUT2D eigenvalue weighted by Crippen LogP contribution is 2.43. The number of hydrogen-bond acceptors (Lipinski definition) is 3. The zero-order valence-electron chi connectivity index (χ0n) is 17.4. The maximum atomic E-state index is 14.6. The highest BCUT2D eigenvalue weighted by atomic mass is 79.9. The van der Waals surface area contributed by atoms with Gasteiger partial charge in [0.25, 0.3) is 0 Å². The predicted octanol–water partition coefficient (Wildman–Crippen LogP) is 7.49. The number of anilines is 1. The third-order valence-electron chi connectivity index (χ3n) is 5.63. The van der Waals surface area contributed by atoms with E-state index in [2.05, 4.69) is 48.2 Å². The third-order valence-corrected chi connectivity index (χ3v) is 7.33. The summed E-state index contributed by atoms with van der Waals surface area (Å²) >= 11 is 12.6. The van der Waals surface area contributed by atoms with Crippen LogP contribution in [0, 0.1) is 12.7 Å². The van der Waals surface area contributed by atoms with E-state index < -0.39 is 0 Å². The van der Waals surface area contributed by atoms with E-state index in [-0.39, 0.29) is 17.9 Å². The second-order valence-corrected chi connectivity index (χ2v) is 9.91. The molecule has 2 aromatic carbocycles. The Balaban J connectivity index is 1.61. The van der Waals surface area contributed by atoms with Crippen LogP contribution < -0.4 is 10.2 Å². The monoisotopic (exact) mass is 585 g/mol. The molecule has 1 aliphatic rings. The Bertz CT molecular complexity index is 1340. The first-order valence-electron chi connectivity index (χ1n) is 10.2. The largest absolute Gasteiger partial charge is 0.459 e. The molecule has 1 saturated heterocycles. The summed E-state index contributed by atoms with van der Waals surface area (Å²) in [4.78, 5) is 6.59. The van der Waals surface area contributed by atoms with Crippen LogP contribution in [0.4, 0.5) is 10.1 Å². The molecule has 0 saturated carbocycles. The molecule has 3 heterocycles. The van der Waals surface area contributed by atoms with Gasteiger partial charge in [-0.1, -0.05) is 37.9 Å². The molecule has 0 aliphatic carbocycles. The van der Waals surface area contributed by atoms with Gasteiger partial charge in [0.05, 0.1) is 17.3 Å². The first-order chi connectivity index (χ1) is 15.9. The summed E-state index contributed by atoms with van der Waals surface area (Å²) < 4.78 is 22.5. The van der Waals surface area contributed by atoms with Crippen LogP contribution in [-0.4, -0.2) is 10.1 Å². The van der Waals surface area contributed by atoms with Crippen LogP contribution in [0.2, 0.25) is 0 Å². The van der Waals surface area contributed by atoms with E-state index in [1.54, 1.807) is 24.4 Å². The molecular weight excluding hydrogens is 569 g/mol. The lowest BCUT2D eigenvalue weighted by molar-refractivity contribution is 0.438. The smallest absolute Gasteiger partial charge is 0.174 e. The van der Waals surface area contributed by atoms with Gasteiger partial charge in [0.15, 0.2) is 5.11 Å². The van der Waals surface area contributed by atoms with E-state index in [1.807, 2.05) is 48.2 Å². The second-order valence-electron chi connectivity index (χ2n) is 7.76. The van der Waals surface area contributed by atoms with Crippen LogP contribution in [0.15, 0.2) is 86.3 Å². The molecule has 166 valence electrons. The molecule has 2 aromatic heterocycles. The molecule has 2 unspecified atom stereocenters. The van der Waals surface area contributed by atoms with E-state index in [9.17, 15) is 4.39 Å². The number of rotatable bonds is 4. The van der Waals surface area contributed by atoms with E-state index in [0.29, 0.717) is 26.7 Å². The van der Waals surface area contributed by atoms with Crippen LogP contribution in [0.5, 0.6) is 0 Å². The fourth-order valence-electron chi connectivity index (χ4n) is 4.05. The van der Waals surface area contributed by atoms with Crippen molar-refractivity contribution in [3.05, 3.63) is 105 Å². The highest BCUT2D eigenvalue weighted by Gasteiger charge is 2.42. The summed E-state index contributed by atoms with van der Waals surface area (Å²) in [6.07, 6.45) is 1.76. The van der Waals surface area contributed by atoms with Gasteiger partial charge >= 0.3 is 0 Å². The number of benzene rings is 2. The number of pyridine rings is 1. The van der Waals surface area contributed by atoms with Gasteiger partial charge in [0.2, 0.25) is 0 Å². The Hall–Kier alpha value is -2.55. The summed E-state index contributed by atoms with van der Waals surface area (Å²) in [5.41, 5.74) is 3.27. The Morgan fingerprint density at radius 3 is 2.64 bits per heavy atom. The van der Waals surface area contributed by atoms with Gasteiger partial charge in [-0.15, -0.1) is 0 Å². The van der Waals surface area contributed by atoms with Gasteiger partial charge in [-0.2, -0.15) is 0 Å². The summed E-state index contributed by atoms with van der Waals surface area (Å²) in [5, 5.41) is 3.99. The highest BCUT2D eigenvalue weighted by molar-refractivity contribution is 9.10. The number of nitrogens with one attached hydrogen (secondary N) is 1. The molecule has 0 radical (unpaired) electrons. The first-order valence-corrected chi connectivity index (χ1v) is 12.2. The van der Waals surface area contributed by atoms with Crippen LogP contribution in [0.1, 0.15) is 29.1 Å². The van der Waals surface area contributed by atoms with E-state index in [4.69, 9.17) is 16.6 Å². The minimum absolute atomic E-state index is 0.239. The summed E-state index contributed by atoms with van der Waals surface area (Å²) in [5.74, 6) is 0.766. The van der Waals surface area contributed by atoms with Gasteiger partial charge in [0, 0.05) is 20.8 Å². The lowest BCUT2D eigenvalue weighted by atomic mass is 10.0. The number of aromatic nitrogens is 1. The molecule has 33 heavy (non-hydrogen) atoms. The van der Waals surface area contributed by atoms with Gasteiger partial charge < -0.3 is 14.6 Å². The fraction of sp³-hybridized carbons (Fsp3) is 0.120. The number of halogens is 3. The van der Waals surface area contributed by atoms with Crippen molar-refractivity contribution in [2.45, 2.75) is 19.0 Å². The molecule has 0 amide bonds. The molecule has 4 nitrogen and oxygen atoms in total. The number of nitrogens with zero attached hydrogens (tertiary/aromatic N) is 2. The van der Waals surface area contributed by atoms with Crippen molar-refractivity contribution in [2.24, 2.45) is 0 Å². The van der Waals surface area contributed by atoms with Crippen molar-refractivity contribution in [3.8, 4) is 11.3 Å². The van der Waals surface area contributed by atoms with Crippen molar-refractivity contribution in [3.63, 3.8) is 0 Å². The van der Waals surface area contributed by atoms with Crippen molar-refractivity contribution in [1.82, 2.24) is 10.3 Å². The zero-order chi connectivity index (χ0) is 23.1. The van der Waals surface area contributed by atoms with Crippen molar-refractivity contribution in [2.75, 3.05) is 4.90 Å². The molecule has 5 rings (SSSR count). The molecule has 1 N–H and O–H groups in total. The average Bonchev–Trinajstić information content (AvgIpc) is 3.41. The fourth-order valence-corrected chi connectivity index (χ4v) is 4.97. The maximum absolute atomic E-state index is 14.6. The maximum Gasteiger partial charge on any atom is 0.174 e. The van der Waals surface area contributed by atoms with E-state index in [1.165, 1.54) is 6.07 Å². The van der Waals surface area contributed by atoms with E-state index >= 15 is 0 Å². The van der Waals surface area contributed by atoms with E-state index in [0.717, 1.165) is 21.4 Å². The molecule has 0 bridgehead atoms. The molecule has 4 aromatic rings. The minimum Gasteiger partial charge on any atom is -0.459 e. The lowest BCUT2D eigenvalue weighted by Crippen LogP contribution is -2.29. The number of aryl methyl sites for hydroxylation is 1. The van der Waals surface area contributed by atoms with Crippen LogP contribution >= 0.6 is 44.1 Å². The Morgan fingerprint density at radius 2 is 1.91 bits per heavy atom. The number of furan rings is 1. The Morgan fingerprint density at radius 1 is 1.06 bits per heavy atom. The van der Waals surface area contributed by atoms with Gasteiger partial charge in [-0.3, -0.25) is 4.98 Å². The lowest BCUT2D eigenvalue weighted by Gasteiger charge is -2.26. The third kappa shape index (κ3) is 4.23. The number of thiocarbonyl (C=S) groups is 1. The molecule has 1 fully saturated rings. The van der Waals surface area contributed by atoms with Gasteiger partial charge in [-0.25, -0.2) is 4.39 Å².